The highest BCUT2D eigenvalue weighted by molar-refractivity contribution is 8.02. The molecule has 8 heteroatoms. The molecule has 0 saturated carbocycles. The number of hydrogen-bond donors (Lipinski definition) is 0. The van der Waals surface area contributed by atoms with Crippen LogP contribution in [0.15, 0.2) is 66.7 Å². The summed E-state index contributed by atoms with van der Waals surface area (Å²) in [4.78, 5) is 29.1. The van der Waals surface area contributed by atoms with Gasteiger partial charge in [0.1, 0.15) is 17.3 Å². The third-order valence-corrected chi connectivity index (χ3v) is 7.33. The van der Waals surface area contributed by atoms with Crippen LogP contribution in [0.3, 0.4) is 0 Å². The lowest BCUT2D eigenvalue weighted by Crippen LogP contribution is -2.49. The molecular weight excluding hydrogens is 443 g/mol. The van der Waals surface area contributed by atoms with Crippen LogP contribution < -0.4 is 19.3 Å². The van der Waals surface area contributed by atoms with Gasteiger partial charge < -0.3 is 14.4 Å². The van der Waals surface area contributed by atoms with Crippen molar-refractivity contribution in [3.05, 3.63) is 83.7 Å². The number of rotatable bonds is 5. The van der Waals surface area contributed by atoms with Crippen LogP contribution in [-0.4, -0.2) is 31.8 Å². The first-order valence-corrected chi connectivity index (χ1v) is 11.3. The molecule has 0 unspecified atom stereocenters. The monoisotopic (exact) mass is 464 g/mol. The Kier molecular flexibility index (Phi) is 5.25. The predicted octanol–water partition coefficient (Wildman–Crippen LogP) is 4.32. The zero-order valence-corrected chi connectivity index (χ0v) is 18.9. The van der Waals surface area contributed by atoms with Gasteiger partial charge in [0.2, 0.25) is 10.8 Å². The van der Waals surface area contributed by atoms with Crippen molar-refractivity contribution < 1.29 is 23.5 Å². The van der Waals surface area contributed by atoms with Crippen LogP contribution in [0.1, 0.15) is 11.1 Å². The van der Waals surface area contributed by atoms with Crippen LogP contribution in [0.5, 0.6) is 11.5 Å². The first-order valence-electron chi connectivity index (χ1n) is 10.3. The molecule has 33 heavy (non-hydrogen) atoms. The molecule has 3 aromatic carbocycles. The van der Waals surface area contributed by atoms with Crippen molar-refractivity contribution in [2.75, 3.05) is 29.8 Å². The number of ether oxygens (including phenoxy) is 2. The number of anilines is 2. The highest BCUT2D eigenvalue weighted by atomic mass is 32.2. The van der Waals surface area contributed by atoms with Gasteiger partial charge in [-0.3, -0.25) is 14.5 Å². The molecule has 5 rings (SSSR count). The molecule has 2 heterocycles. The summed E-state index contributed by atoms with van der Waals surface area (Å²) in [5, 5.41) is 0. The number of halogens is 1. The standard InChI is InChI=1S/C25H21FN2O4S/c1-31-18-11-17(12-19(13-18)32-2)28-23(29)15-33-25(28)20-8-4-6-10-22(20)27(24(25)30)14-16-7-3-5-9-21(16)26/h3-13H,14-15H2,1-2H3/t25-/m1/s1. The van der Waals surface area contributed by atoms with E-state index in [0.717, 1.165) is 0 Å². The Balaban J connectivity index is 1.66. The van der Waals surface area contributed by atoms with Crippen molar-refractivity contribution in [1.82, 2.24) is 0 Å². The molecular formula is C25H21FN2O4S. The molecule has 1 atom stereocenters. The average Bonchev–Trinajstić information content (AvgIpc) is 3.31. The van der Waals surface area contributed by atoms with Gasteiger partial charge in [-0.15, -0.1) is 11.8 Å². The lowest BCUT2D eigenvalue weighted by Gasteiger charge is -2.33. The summed E-state index contributed by atoms with van der Waals surface area (Å²) in [5.41, 5.74) is 2.26. The fraction of sp³-hybridized carbons (Fsp3) is 0.200. The van der Waals surface area contributed by atoms with Gasteiger partial charge in [-0.05, 0) is 12.1 Å². The fourth-order valence-electron chi connectivity index (χ4n) is 4.43. The number of amides is 2. The first kappa shape index (κ1) is 21.3. The smallest absolute Gasteiger partial charge is 0.269 e. The minimum Gasteiger partial charge on any atom is -0.497 e. The number of thioether (sulfide) groups is 1. The van der Waals surface area contributed by atoms with Gasteiger partial charge in [-0.2, -0.15) is 0 Å². The molecule has 0 N–H and O–H groups in total. The SMILES string of the molecule is COc1cc(OC)cc(N2C(=O)CS[C@]23C(=O)N(Cc2ccccc2F)c2ccccc23)c1. The Morgan fingerprint density at radius 3 is 2.33 bits per heavy atom. The molecule has 0 radical (unpaired) electrons. The summed E-state index contributed by atoms with van der Waals surface area (Å²) in [5.74, 6) is 0.272. The Hall–Kier alpha value is -3.52. The fourth-order valence-corrected chi connectivity index (χ4v) is 5.79. The predicted molar refractivity (Wildman–Crippen MR) is 125 cm³/mol. The third-order valence-electron chi connectivity index (χ3n) is 5.94. The second-order valence-corrected chi connectivity index (χ2v) is 8.90. The Bertz CT molecular complexity index is 1240. The lowest BCUT2D eigenvalue weighted by molar-refractivity contribution is -0.123. The second kappa shape index (κ2) is 8.12. The largest absolute Gasteiger partial charge is 0.497 e. The zero-order chi connectivity index (χ0) is 23.2. The van der Waals surface area contributed by atoms with E-state index in [1.54, 1.807) is 41.3 Å². The number of methoxy groups -OCH3 is 2. The van der Waals surface area contributed by atoms with E-state index < -0.39 is 4.87 Å². The number of fused-ring (bicyclic) bond motifs is 2. The van der Waals surface area contributed by atoms with Gasteiger partial charge in [-0.25, -0.2) is 4.39 Å². The van der Waals surface area contributed by atoms with Crippen LogP contribution in [0.4, 0.5) is 15.8 Å². The van der Waals surface area contributed by atoms with Gasteiger partial charge in [0, 0.05) is 29.3 Å². The number of hydrogen-bond acceptors (Lipinski definition) is 5. The Labute approximate surface area is 194 Å². The molecule has 0 aliphatic carbocycles. The molecule has 2 amide bonds. The van der Waals surface area contributed by atoms with E-state index in [4.69, 9.17) is 9.47 Å². The zero-order valence-electron chi connectivity index (χ0n) is 18.1. The quantitative estimate of drug-likeness (QED) is 0.563. The molecule has 168 valence electrons. The minimum atomic E-state index is -1.30. The summed E-state index contributed by atoms with van der Waals surface area (Å²) < 4.78 is 25.2. The molecule has 2 aliphatic rings. The van der Waals surface area contributed by atoms with E-state index in [2.05, 4.69) is 0 Å². The maximum Gasteiger partial charge on any atom is 0.269 e. The van der Waals surface area contributed by atoms with Gasteiger partial charge in [0.15, 0.2) is 0 Å². The normalized spacial score (nSPS) is 19.4. The topological polar surface area (TPSA) is 59.1 Å². The first-order chi connectivity index (χ1) is 16.0. The van der Waals surface area contributed by atoms with Crippen molar-refractivity contribution >= 4 is 35.0 Å². The van der Waals surface area contributed by atoms with Crippen LogP contribution in [0.25, 0.3) is 0 Å². The lowest BCUT2D eigenvalue weighted by atomic mass is 10.0. The van der Waals surface area contributed by atoms with Crippen LogP contribution in [0, 0.1) is 5.82 Å². The number of nitrogens with zero attached hydrogens (tertiary/aromatic N) is 2. The maximum atomic E-state index is 14.4. The summed E-state index contributed by atoms with van der Waals surface area (Å²) in [6.45, 7) is 0.0638. The highest BCUT2D eigenvalue weighted by Crippen LogP contribution is 2.56. The van der Waals surface area contributed by atoms with Gasteiger partial charge in [0.05, 0.1) is 37.9 Å². The van der Waals surface area contributed by atoms with E-state index in [1.807, 2.05) is 24.3 Å². The minimum absolute atomic E-state index is 0.0638. The van der Waals surface area contributed by atoms with Crippen molar-refractivity contribution in [3.8, 4) is 11.5 Å². The molecule has 1 fully saturated rings. The van der Waals surface area contributed by atoms with Crippen molar-refractivity contribution in [2.45, 2.75) is 11.4 Å². The summed E-state index contributed by atoms with van der Waals surface area (Å²) in [6, 6.07) is 18.9. The Morgan fingerprint density at radius 1 is 0.970 bits per heavy atom. The van der Waals surface area contributed by atoms with E-state index in [1.165, 1.54) is 36.9 Å². The van der Waals surface area contributed by atoms with Crippen molar-refractivity contribution in [2.24, 2.45) is 0 Å². The third kappa shape index (κ3) is 3.24. The molecule has 2 aliphatic heterocycles. The molecule has 1 spiro atoms. The molecule has 3 aromatic rings. The van der Waals surface area contributed by atoms with Crippen LogP contribution in [-0.2, 0) is 21.0 Å². The summed E-state index contributed by atoms with van der Waals surface area (Å²) in [6.07, 6.45) is 0. The van der Waals surface area contributed by atoms with Crippen molar-refractivity contribution in [3.63, 3.8) is 0 Å². The van der Waals surface area contributed by atoms with Crippen molar-refractivity contribution in [1.29, 1.82) is 0 Å². The van der Waals surface area contributed by atoms with Gasteiger partial charge in [0.25, 0.3) is 5.91 Å². The number of benzene rings is 3. The Morgan fingerprint density at radius 2 is 1.64 bits per heavy atom. The number of carbonyl (C=O) groups excluding carboxylic acids is 2. The van der Waals surface area contributed by atoms with Crippen LogP contribution >= 0.6 is 11.8 Å². The number of para-hydroxylation sites is 1. The van der Waals surface area contributed by atoms with E-state index in [-0.39, 0.29) is 29.9 Å². The average molecular weight is 465 g/mol. The van der Waals surface area contributed by atoms with E-state index in [9.17, 15) is 14.0 Å². The maximum absolute atomic E-state index is 14.4. The summed E-state index contributed by atoms with van der Waals surface area (Å²) >= 11 is 1.27. The van der Waals surface area contributed by atoms with Gasteiger partial charge in [-0.1, -0.05) is 36.4 Å². The molecule has 1 saturated heterocycles. The highest BCUT2D eigenvalue weighted by Gasteiger charge is 2.61. The molecule has 6 nitrogen and oxygen atoms in total. The molecule has 0 bridgehead atoms. The molecule has 0 aromatic heterocycles. The summed E-state index contributed by atoms with van der Waals surface area (Å²) in [7, 11) is 3.06. The second-order valence-electron chi connectivity index (χ2n) is 7.73. The van der Waals surface area contributed by atoms with Gasteiger partial charge >= 0.3 is 0 Å². The van der Waals surface area contributed by atoms with E-state index >= 15 is 0 Å². The van der Waals surface area contributed by atoms with Crippen LogP contribution in [0.2, 0.25) is 0 Å². The van der Waals surface area contributed by atoms with E-state index in [0.29, 0.717) is 34.0 Å². The number of carbonyl (C=O) groups is 2.